The van der Waals surface area contributed by atoms with Gasteiger partial charge in [0.25, 0.3) is 0 Å². The molecule has 1 amide bonds. The first-order valence-electron chi connectivity index (χ1n) is 9.48. The van der Waals surface area contributed by atoms with Crippen LogP contribution in [0.3, 0.4) is 0 Å². The van der Waals surface area contributed by atoms with Crippen molar-refractivity contribution in [3.8, 4) is 0 Å². The molecule has 5 heteroatoms. The van der Waals surface area contributed by atoms with Gasteiger partial charge in [-0.25, -0.2) is 4.79 Å². The summed E-state index contributed by atoms with van der Waals surface area (Å²) in [6.45, 7) is 3.31. The molecule has 2 N–H and O–H groups in total. The molecule has 1 aromatic heterocycles. The molecule has 2 aromatic rings. The number of nitrogens with one attached hydrogen (secondary N) is 2. The van der Waals surface area contributed by atoms with Gasteiger partial charge < -0.3 is 10.1 Å². The highest BCUT2D eigenvalue weighted by molar-refractivity contribution is 7.09. The molecule has 0 radical (unpaired) electrons. The lowest BCUT2D eigenvalue weighted by atomic mass is 9.99. The molecule has 1 heterocycles. The summed E-state index contributed by atoms with van der Waals surface area (Å²) in [6, 6.07) is 12.3. The van der Waals surface area contributed by atoms with Gasteiger partial charge in [-0.2, -0.15) is 0 Å². The lowest BCUT2D eigenvalue weighted by molar-refractivity contribution is 0.156. The zero-order valence-corrected chi connectivity index (χ0v) is 16.2. The largest absolute Gasteiger partial charge is 0.444 e. The highest BCUT2D eigenvalue weighted by Crippen LogP contribution is 2.28. The Balaban J connectivity index is 1.48. The van der Waals surface area contributed by atoms with Crippen molar-refractivity contribution >= 4 is 23.1 Å². The molecule has 0 spiro atoms. The van der Waals surface area contributed by atoms with Gasteiger partial charge in [-0.1, -0.05) is 49.9 Å². The molecular formula is C21H28N2O2S. The van der Waals surface area contributed by atoms with Crippen molar-refractivity contribution in [3.63, 3.8) is 0 Å². The summed E-state index contributed by atoms with van der Waals surface area (Å²) in [4.78, 5) is 13.1. The van der Waals surface area contributed by atoms with E-state index in [0.29, 0.717) is 12.6 Å². The van der Waals surface area contributed by atoms with Crippen molar-refractivity contribution in [2.75, 3.05) is 5.32 Å². The van der Waals surface area contributed by atoms with Gasteiger partial charge in [0.2, 0.25) is 0 Å². The minimum Gasteiger partial charge on any atom is -0.444 e. The zero-order chi connectivity index (χ0) is 18.2. The van der Waals surface area contributed by atoms with Crippen molar-refractivity contribution in [1.29, 1.82) is 0 Å². The topological polar surface area (TPSA) is 50.4 Å². The van der Waals surface area contributed by atoms with E-state index in [1.807, 2.05) is 41.8 Å². The Labute approximate surface area is 160 Å². The fourth-order valence-electron chi connectivity index (χ4n) is 3.59. The first-order chi connectivity index (χ1) is 12.7. The average Bonchev–Trinajstić information content (AvgIpc) is 3.33. The van der Waals surface area contributed by atoms with Crippen molar-refractivity contribution in [2.24, 2.45) is 5.92 Å². The van der Waals surface area contributed by atoms with Crippen LogP contribution in [0.15, 0.2) is 41.8 Å². The standard InChI is InChI=1S/C21H28N2O2S/c1-16(13-17-7-2-3-8-17)22-14-18-9-4-5-11-20(18)23-21(24)25-15-19-10-6-12-26-19/h4-6,9-12,16-17,22H,2-3,7-8,13-15H2,1H3,(H,23,24)/t16-/m0/s1. The van der Waals surface area contributed by atoms with Crippen LogP contribution in [0, 0.1) is 5.92 Å². The molecule has 1 aromatic carbocycles. The summed E-state index contributed by atoms with van der Waals surface area (Å²) in [6.07, 6.45) is 6.35. The number of rotatable bonds is 8. The van der Waals surface area contributed by atoms with Crippen LogP contribution in [0.4, 0.5) is 10.5 Å². The van der Waals surface area contributed by atoms with Gasteiger partial charge in [-0.05, 0) is 42.3 Å². The van der Waals surface area contributed by atoms with Gasteiger partial charge in [-0.15, -0.1) is 11.3 Å². The van der Waals surface area contributed by atoms with Crippen LogP contribution in [-0.4, -0.2) is 12.1 Å². The van der Waals surface area contributed by atoms with Crippen molar-refractivity contribution < 1.29 is 9.53 Å². The van der Waals surface area contributed by atoms with Crippen LogP contribution in [0.25, 0.3) is 0 Å². The fraction of sp³-hybridized carbons (Fsp3) is 0.476. The van der Waals surface area contributed by atoms with Crippen LogP contribution >= 0.6 is 11.3 Å². The predicted molar refractivity (Wildman–Crippen MR) is 107 cm³/mol. The van der Waals surface area contributed by atoms with Crippen molar-refractivity contribution in [2.45, 2.75) is 58.2 Å². The molecule has 1 aliphatic rings. The average molecular weight is 373 g/mol. The van der Waals surface area contributed by atoms with E-state index in [-0.39, 0.29) is 0 Å². The zero-order valence-electron chi connectivity index (χ0n) is 15.4. The molecule has 4 nitrogen and oxygen atoms in total. The molecule has 1 saturated carbocycles. The number of carbonyl (C=O) groups excluding carboxylic acids is 1. The Kier molecular flexibility index (Phi) is 7.09. The third-order valence-corrected chi connectivity index (χ3v) is 5.83. The van der Waals surface area contributed by atoms with E-state index < -0.39 is 6.09 Å². The van der Waals surface area contributed by atoms with Gasteiger partial charge in [0.05, 0.1) is 0 Å². The highest BCUT2D eigenvalue weighted by Gasteiger charge is 2.17. The number of benzene rings is 1. The van der Waals surface area contributed by atoms with Crippen LogP contribution in [0.1, 0.15) is 49.5 Å². The molecule has 1 aliphatic carbocycles. The van der Waals surface area contributed by atoms with E-state index in [1.54, 1.807) is 11.3 Å². The second kappa shape index (κ2) is 9.74. The van der Waals surface area contributed by atoms with Crippen molar-refractivity contribution in [1.82, 2.24) is 5.32 Å². The first kappa shape index (κ1) is 18.9. The molecule has 0 saturated heterocycles. The number of hydrogen-bond donors (Lipinski definition) is 2. The molecule has 1 atom stereocenters. The smallest absolute Gasteiger partial charge is 0.411 e. The van der Waals surface area contributed by atoms with E-state index >= 15 is 0 Å². The van der Waals surface area contributed by atoms with E-state index in [9.17, 15) is 4.79 Å². The fourth-order valence-corrected chi connectivity index (χ4v) is 4.20. The monoisotopic (exact) mass is 372 g/mol. The minimum atomic E-state index is -0.412. The lowest BCUT2D eigenvalue weighted by Gasteiger charge is -2.19. The molecule has 3 rings (SSSR count). The molecule has 0 bridgehead atoms. The molecule has 140 valence electrons. The summed E-state index contributed by atoms with van der Waals surface area (Å²) < 4.78 is 5.30. The number of thiophene rings is 1. The number of hydrogen-bond acceptors (Lipinski definition) is 4. The van der Waals surface area contributed by atoms with Gasteiger partial charge in [0, 0.05) is 23.2 Å². The summed E-state index contributed by atoms with van der Waals surface area (Å²) >= 11 is 1.58. The Morgan fingerprint density at radius 1 is 1.23 bits per heavy atom. The SMILES string of the molecule is C[C@@H](CC1CCCC1)NCc1ccccc1NC(=O)OCc1cccs1. The maximum absolute atomic E-state index is 12.1. The molecule has 1 fully saturated rings. The van der Waals surface area contributed by atoms with Gasteiger partial charge in [0.1, 0.15) is 6.61 Å². The highest BCUT2D eigenvalue weighted by atomic mass is 32.1. The van der Waals surface area contributed by atoms with Gasteiger partial charge >= 0.3 is 6.09 Å². The number of para-hydroxylation sites is 1. The summed E-state index contributed by atoms with van der Waals surface area (Å²) in [5.74, 6) is 0.873. The van der Waals surface area contributed by atoms with Crippen LogP contribution < -0.4 is 10.6 Å². The number of amides is 1. The van der Waals surface area contributed by atoms with E-state index in [2.05, 4.69) is 17.6 Å². The summed E-state index contributed by atoms with van der Waals surface area (Å²) in [5, 5.41) is 8.45. The summed E-state index contributed by atoms with van der Waals surface area (Å²) in [7, 11) is 0. The van der Waals surface area contributed by atoms with E-state index in [4.69, 9.17) is 4.74 Å². The minimum absolute atomic E-state index is 0.308. The predicted octanol–water partition coefficient (Wildman–Crippen LogP) is 5.56. The van der Waals surface area contributed by atoms with E-state index in [0.717, 1.165) is 28.6 Å². The third kappa shape index (κ3) is 5.85. The van der Waals surface area contributed by atoms with Crippen LogP contribution in [-0.2, 0) is 17.9 Å². The Morgan fingerprint density at radius 3 is 2.81 bits per heavy atom. The molecular weight excluding hydrogens is 344 g/mol. The molecule has 0 unspecified atom stereocenters. The normalized spacial score (nSPS) is 15.7. The third-order valence-electron chi connectivity index (χ3n) is 4.98. The first-order valence-corrected chi connectivity index (χ1v) is 10.4. The van der Waals surface area contributed by atoms with Gasteiger partial charge in [-0.3, -0.25) is 5.32 Å². The Morgan fingerprint density at radius 2 is 2.04 bits per heavy atom. The second-order valence-electron chi connectivity index (χ2n) is 7.11. The van der Waals surface area contributed by atoms with Crippen molar-refractivity contribution in [3.05, 3.63) is 52.2 Å². The maximum Gasteiger partial charge on any atom is 0.411 e. The number of anilines is 1. The quantitative estimate of drug-likeness (QED) is 0.638. The number of ether oxygens (including phenoxy) is 1. The Bertz CT molecular complexity index is 681. The maximum atomic E-state index is 12.1. The van der Waals surface area contributed by atoms with Crippen LogP contribution in [0.2, 0.25) is 0 Å². The van der Waals surface area contributed by atoms with Gasteiger partial charge in [0.15, 0.2) is 0 Å². The lowest BCUT2D eigenvalue weighted by Crippen LogP contribution is -2.28. The molecule has 0 aliphatic heterocycles. The second-order valence-corrected chi connectivity index (χ2v) is 8.14. The number of carbonyl (C=O) groups is 1. The van der Waals surface area contributed by atoms with Crippen LogP contribution in [0.5, 0.6) is 0 Å². The Hall–Kier alpha value is -1.85. The molecule has 26 heavy (non-hydrogen) atoms. The summed E-state index contributed by atoms with van der Waals surface area (Å²) in [5.41, 5.74) is 1.89. The van der Waals surface area contributed by atoms with E-state index in [1.165, 1.54) is 32.1 Å².